The monoisotopic (exact) mass is 513 g/mol. The first-order valence-electron chi connectivity index (χ1n) is 11.5. The fraction of sp³-hybridized carbons (Fsp3) is 0.143. The Morgan fingerprint density at radius 1 is 1.22 bits per heavy atom. The SMILES string of the molecule is CCOC(=O)C1=C(C)N=c2s/c(=C/c3ccc(-c4ccccc4C#N)o3)c(=O)n2[C@H]1c1ccc(F)cc1. The summed E-state index contributed by atoms with van der Waals surface area (Å²) in [5, 5.41) is 9.39. The van der Waals surface area contributed by atoms with Gasteiger partial charge in [0.1, 0.15) is 17.3 Å². The van der Waals surface area contributed by atoms with Gasteiger partial charge in [-0.15, -0.1) is 0 Å². The van der Waals surface area contributed by atoms with E-state index in [0.717, 1.165) is 11.3 Å². The maximum Gasteiger partial charge on any atom is 0.338 e. The van der Waals surface area contributed by atoms with Gasteiger partial charge in [-0.2, -0.15) is 5.26 Å². The van der Waals surface area contributed by atoms with Crippen molar-refractivity contribution < 1.29 is 18.3 Å². The summed E-state index contributed by atoms with van der Waals surface area (Å²) in [6.45, 7) is 3.54. The van der Waals surface area contributed by atoms with Crippen LogP contribution in [0.1, 0.15) is 36.8 Å². The van der Waals surface area contributed by atoms with Crippen LogP contribution in [0.15, 0.2) is 86.1 Å². The van der Waals surface area contributed by atoms with Crippen molar-refractivity contribution in [1.29, 1.82) is 5.26 Å². The molecule has 1 aliphatic heterocycles. The van der Waals surface area contributed by atoms with Gasteiger partial charge in [-0.3, -0.25) is 9.36 Å². The van der Waals surface area contributed by atoms with Gasteiger partial charge >= 0.3 is 5.97 Å². The van der Waals surface area contributed by atoms with Crippen LogP contribution < -0.4 is 14.9 Å². The molecule has 0 unspecified atom stereocenters. The fourth-order valence-corrected chi connectivity index (χ4v) is 5.28. The Kier molecular flexibility index (Phi) is 6.42. The molecule has 1 aliphatic rings. The number of nitrogens with zero attached hydrogens (tertiary/aromatic N) is 3. The number of thiazole rings is 1. The Labute approximate surface area is 214 Å². The van der Waals surface area contributed by atoms with Crippen molar-refractivity contribution in [1.82, 2.24) is 4.57 Å². The van der Waals surface area contributed by atoms with Gasteiger partial charge in [-0.1, -0.05) is 35.6 Å². The van der Waals surface area contributed by atoms with Crippen molar-refractivity contribution in [3.8, 4) is 17.4 Å². The topological polar surface area (TPSA) is 97.6 Å². The van der Waals surface area contributed by atoms with Gasteiger partial charge in [0.05, 0.1) is 40.1 Å². The van der Waals surface area contributed by atoms with Crippen LogP contribution in [0.4, 0.5) is 4.39 Å². The van der Waals surface area contributed by atoms with Gasteiger partial charge in [0.2, 0.25) is 0 Å². The molecule has 5 rings (SSSR count). The Bertz CT molecular complexity index is 1770. The lowest BCUT2D eigenvalue weighted by Gasteiger charge is -2.24. The van der Waals surface area contributed by atoms with E-state index in [0.29, 0.717) is 43.2 Å². The van der Waals surface area contributed by atoms with Crippen LogP contribution in [-0.2, 0) is 9.53 Å². The molecule has 4 aromatic rings. The molecular formula is C28H20FN3O4S. The summed E-state index contributed by atoms with van der Waals surface area (Å²) < 4.78 is 26.6. The second-order valence-electron chi connectivity index (χ2n) is 8.21. The van der Waals surface area contributed by atoms with Crippen LogP contribution in [0.2, 0.25) is 0 Å². The van der Waals surface area contributed by atoms with Gasteiger partial charge in [-0.05, 0) is 55.8 Å². The number of allylic oxidation sites excluding steroid dienone is 1. The van der Waals surface area contributed by atoms with Crippen LogP contribution in [-0.4, -0.2) is 17.1 Å². The number of ether oxygens (including phenoxy) is 1. The normalized spacial score (nSPS) is 15.2. The summed E-state index contributed by atoms with van der Waals surface area (Å²) >= 11 is 1.16. The third kappa shape index (κ3) is 4.43. The summed E-state index contributed by atoms with van der Waals surface area (Å²) in [4.78, 5) is 31.4. The zero-order valence-electron chi connectivity index (χ0n) is 19.9. The molecule has 0 spiro atoms. The predicted molar refractivity (Wildman–Crippen MR) is 136 cm³/mol. The first-order chi connectivity index (χ1) is 17.9. The van der Waals surface area contributed by atoms with Gasteiger partial charge < -0.3 is 9.15 Å². The number of aromatic nitrogens is 1. The van der Waals surface area contributed by atoms with Gasteiger partial charge in [-0.25, -0.2) is 14.2 Å². The van der Waals surface area contributed by atoms with E-state index in [2.05, 4.69) is 11.1 Å². The third-order valence-corrected chi connectivity index (χ3v) is 6.90. The highest BCUT2D eigenvalue weighted by atomic mass is 32.1. The molecule has 2 aromatic carbocycles. The molecule has 2 aromatic heterocycles. The highest BCUT2D eigenvalue weighted by Crippen LogP contribution is 2.31. The lowest BCUT2D eigenvalue weighted by Crippen LogP contribution is -2.39. The number of carbonyl (C=O) groups excluding carboxylic acids is 1. The van der Waals surface area contributed by atoms with E-state index in [1.165, 1.54) is 16.7 Å². The second kappa shape index (κ2) is 9.84. The lowest BCUT2D eigenvalue weighted by molar-refractivity contribution is -0.139. The Morgan fingerprint density at radius 3 is 2.70 bits per heavy atom. The van der Waals surface area contributed by atoms with Crippen molar-refractivity contribution in [2.45, 2.75) is 19.9 Å². The largest absolute Gasteiger partial charge is 0.463 e. The molecule has 3 heterocycles. The van der Waals surface area contributed by atoms with Crippen LogP contribution in [0.3, 0.4) is 0 Å². The number of fused-ring (bicyclic) bond motifs is 1. The molecule has 37 heavy (non-hydrogen) atoms. The van der Waals surface area contributed by atoms with Crippen LogP contribution in [0.5, 0.6) is 0 Å². The smallest absolute Gasteiger partial charge is 0.338 e. The molecule has 7 nitrogen and oxygen atoms in total. The molecule has 0 saturated heterocycles. The highest BCUT2D eigenvalue weighted by molar-refractivity contribution is 7.07. The maximum atomic E-state index is 13.7. The summed E-state index contributed by atoms with van der Waals surface area (Å²) in [7, 11) is 0. The Hall–Kier alpha value is -4.55. The van der Waals surface area contributed by atoms with Crippen LogP contribution in [0.25, 0.3) is 17.4 Å². The van der Waals surface area contributed by atoms with Crippen molar-refractivity contribution >= 4 is 23.4 Å². The van der Waals surface area contributed by atoms with Gasteiger partial charge in [0.25, 0.3) is 5.56 Å². The number of carbonyl (C=O) groups is 1. The molecule has 0 saturated carbocycles. The predicted octanol–water partition coefficient (Wildman–Crippen LogP) is 4.07. The zero-order valence-corrected chi connectivity index (χ0v) is 20.7. The van der Waals surface area contributed by atoms with Crippen molar-refractivity contribution in [2.24, 2.45) is 4.99 Å². The Morgan fingerprint density at radius 2 is 1.97 bits per heavy atom. The molecule has 0 fully saturated rings. The standard InChI is InChI=1S/C28H20FN3O4S/c1-3-35-27(34)24-16(2)31-28-32(25(24)17-8-10-19(29)11-9-17)26(33)23(37-28)14-20-12-13-22(36-20)21-7-5-4-6-18(21)15-30/h4-14,25H,3H2,1-2H3/b23-14+/t25-/m0/s1. The zero-order chi connectivity index (χ0) is 26.1. The average Bonchev–Trinajstić information content (AvgIpc) is 3.48. The van der Waals surface area contributed by atoms with Gasteiger partial charge in [0, 0.05) is 11.6 Å². The molecule has 9 heteroatoms. The molecular weight excluding hydrogens is 493 g/mol. The second-order valence-corrected chi connectivity index (χ2v) is 9.22. The average molecular weight is 514 g/mol. The minimum Gasteiger partial charge on any atom is -0.463 e. The molecule has 0 bridgehead atoms. The van der Waals surface area contributed by atoms with E-state index in [1.807, 2.05) is 6.07 Å². The number of halogens is 1. The number of benzene rings is 2. The first kappa shape index (κ1) is 24.2. The van der Waals surface area contributed by atoms with E-state index in [4.69, 9.17) is 9.15 Å². The van der Waals surface area contributed by atoms with Gasteiger partial charge in [0.15, 0.2) is 4.80 Å². The van der Waals surface area contributed by atoms with Crippen molar-refractivity contribution in [3.63, 3.8) is 0 Å². The summed E-state index contributed by atoms with van der Waals surface area (Å²) in [5.41, 5.74) is 1.96. The highest BCUT2D eigenvalue weighted by Gasteiger charge is 2.33. The Balaban J connectivity index is 1.64. The summed E-state index contributed by atoms with van der Waals surface area (Å²) in [6, 6.07) is 17.5. The molecule has 0 aliphatic carbocycles. The molecule has 184 valence electrons. The molecule has 1 atom stereocenters. The molecule has 0 amide bonds. The fourth-order valence-electron chi connectivity index (χ4n) is 4.25. The summed E-state index contributed by atoms with van der Waals surface area (Å²) in [6.07, 6.45) is 1.60. The number of rotatable bonds is 5. The van der Waals surface area contributed by atoms with Crippen LogP contribution >= 0.6 is 11.3 Å². The van der Waals surface area contributed by atoms with E-state index < -0.39 is 17.8 Å². The van der Waals surface area contributed by atoms with E-state index in [9.17, 15) is 19.2 Å². The van der Waals surface area contributed by atoms with Crippen molar-refractivity contribution in [2.75, 3.05) is 6.61 Å². The lowest BCUT2D eigenvalue weighted by atomic mass is 9.96. The minimum atomic E-state index is -0.826. The number of esters is 1. The van der Waals surface area contributed by atoms with E-state index in [-0.39, 0.29) is 17.7 Å². The molecule has 0 radical (unpaired) electrons. The summed E-state index contributed by atoms with van der Waals surface area (Å²) in [5.74, 6) is -0.0891. The first-order valence-corrected chi connectivity index (χ1v) is 12.3. The quantitative estimate of drug-likeness (QED) is 0.375. The van der Waals surface area contributed by atoms with E-state index >= 15 is 0 Å². The number of hydrogen-bond acceptors (Lipinski definition) is 7. The third-order valence-electron chi connectivity index (χ3n) is 5.92. The number of hydrogen-bond donors (Lipinski definition) is 0. The van der Waals surface area contributed by atoms with E-state index in [1.54, 1.807) is 62.4 Å². The number of furan rings is 1. The van der Waals surface area contributed by atoms with Crippen LogP contribution in [0, 0.1) is 17.1 Å². The maximum absolute atomic E-state index is 13.7. The van der Waals surface area contributed by atoms with Crippen molar-refractivity contribution in [3.05, 3.63) is 114 Å². The number of nitriles is 1. The minimum absolute atomic E-state index is 0.159. The molecule has 0 N–H and O–H groups in total.